The lowest BCUT2D eigenvalue weighted by molar-refractivity contribution is -0.133. The first-order valence-electron chi connectivity index (χ1n) is 10.4. The predicted molar refractivity (Wildman–Crippen MR) is 105 cm³/mol. The average Bonchev–Trinajstić information content (AvgIpc) is 2.77. The van der Waals surface area contributed by atoms with E-state index in [0.717, 1.165) is 17.0 Å². The highest BCUT2D eigenvalue weighted by Gasteiger charge is 2.22. The van der Waals surface area contributed by atoms with Crippen LogP contribution in [0.25, 0.3) is 6.08 Å². The topological polar surface area (TPSA) is 63.7 Å². The van der Waals surface area contributed by atoms with Gasteiger partial charge in [0.25, 0.3) is 0 Å². The van der Waals surface area contributed by atoms with E-state index in [2.05, 4.69) is 16.6 Å². The highest BCUT2D eigenvalue weighted by atomic mass is 32.2. The molecule has 0 saturated heterocycles. The number of rotatable bonds is 6. The van der Waals surface area contributed by atoms with Crippen LogP contribution in [0.4, 0.5) is 0 Å². The fourth-order valence-corrected chi connectivity index (χ4v) is 3.28. The number of ether oxygens (including phenoxy) is 1. The van der Waals surface area contributed by atoms with Gasteiger partial charge >= 0.3 is 5.97 Å². The van der Waals surface area contributed by atoms with Gasteiger partial charge in [0.15, 0.2) is 0 Å². The molecule has 0 aliphatic rings. The minimum atomic E-state index is -3.99. The van der Waals surface area contributed by atoms with Crippen LogP contribution >= 0.6 is 0 Å². The first-order valence-corrected chi connectivity index (χ1v) is 9.31. The summed E-state index contributed by atoms with van der Waals surface area (Å²) in [5.74, 6) is 3.81. The number of hydrogen-bond donors (Lipinski definition) is 0. The molecule has 0 bridgehead atoms. The Bertz CT molecular complexity index is 1190. The van der Waals surface area contributed by atoms with Gasteiger partial charge in [0.05, 0.1) is 25.4 Å². The maximum Gasteiger partial charge on any atom is 0.384 e. The molecule has 2 aromatic rings. The van der Waals surface area contributed by atoms with Crippen LogP contribution in [-0.4, -0.2) is 38.9 Å². The molecule has 2 rings (SSSR count). The maximum atomic E-state index is 13.1. The van der Waals surface area contributed by atoms with Crippen molar-refractivity contribution in [3.8, 4) is 11.8 Å². The zero-order valence-corrected chi connectivity index (χ0v) is 15.7. The van der Waals surface area contributed by atoms with Crippen molar-refractivity contribution in [3.05, 3.63) is 71.7 Å². The van der Waals surface area contributed by atoms with Gasteiger partial charge in [-0.15, -0.1) is 0 Å². The number of methoxy groups -OCH3 is 1. The largest absolute Gasteiger partial charge is 0.459 e. The number of aryl methyl sites for hydroxylation is 1. The number of nitrogens with zero attached hydrogens (tertiary/aromatic N) is 1. The normalized spacial score (nSPS) is 13.8. The second-order valence-electron chi connectivity index (χ2n) is 5.35. The minimum absolute atomic E-state index is 0.0270. The molecule has 0 aliphatic heterocycles. The SMILES string of the molecule is [2H]c1c([2H])c([2H])c(/C=C/CN(CC#CC(=O)OC)S(=O)(=O)c2ccc(C)cc2)c([2H])c1[2H]. The smallest absolute Gasteiger partial charge is 0.384 e. The van der Waals surface area contributed by atoms with Crippen molar-refractivity contribution in [1.29, 1.82) is 0 Å². The highest BCUT2D eigenvalue weighted by Crippen LogP contribution is 2.16. The molecule has 0 heterocycles. The first kappa shape index (κ1) is 14.2. The summed E-state index contributed by atoms with van der Waals surface area (Å²) < 4.78 is 70.5. The van der Waals surface area contributed by atoms with Crippen LogP contribution < -0.4 is 0 Å². The van der Waals surface area contributed by atoms with Crippen molar-refractivity contribution in [3.63, 3.8) is 0 Å². The van der Waals surface area contributed by atoms with Gasteiger partial charge in [0.2, 0.25) is 10.0 Å². The second-order valence-corrected chi connectivity index (χ2v) is 7.28. The predicted octanol–water partition coefficient (Wildman–Crippen LogP) is 2.88. The number of benzene rings is 2. The zero-order chi connectivity index (χ0) is 24.1. The quantitative estimate of drug-likeness (QED) is 0.434. The van der Waals surface area contributed by atoms with Gasteiger partial charge in [-0.25, -0.2) is 13.2 Å². The average molecular weight is 388 g/mol. The van der Waals surface area contributed by atoms with E-state index in [1.54, 1.807) is 12.1 Å². The minimum Gasteiger partial charge on any atom is -0.459 e. The molecule has 0 N–H and O–H groups in total. The van der Waals surface area contributed by atoms with Crippen molar-refractivity contribution in [2.24, 2.45) is 0 Å². The Hall–Kier alpha value is -2.88. The van der Waals surface area contributed by atoms with Gasteiger partial charge in [-0.05, 0) is 24.6 Å². The third-order valence-electron chi connectivity index (χ3n) is 3.40. The third kappa shape index (κ3) is 6.10. The van der Waals surface area contributed by atoms with Crippen LogP contribution in [0.1, 0.15) is 18.0 Å². The van der Waals surface area contributed by atoms with E-state index >= 15 is 0 Å². The van der Waals surface area contributed by atoms with Crippen molar-refractivity contribution in [2.75, 3.05) is 20.2 Å². The third-order valence-corrected chi connectivity index (χ3v) is 5.23. The highest BCUT2D eigenvalue weighted by molar-refractivity contribution is 7.89. The number of sulfonamides is 1. The molecule has 0 amide bonds. The summed E-state index contributed by atoms with van der Waals surface area (Å²) in [5.41, 5.74) is 0.811. The molecule has 0 unspecified atom stereocenters. The molecule has 0 spiro atoms. The van der Waals surface area contributed by atoms with Gasteiger partial charge in [0, 0.05) is 12.5 Å². The maximum absolute atomic E-state index is 13.1. The molecular formula is C21H21NO4S. The van der Waals surface area contributed by atoms with Crippen molar-refractivity contribution in [1.82, 2.24) is 4.31 Å². The fraction of sp³-hybridized carbons (Fsp3) is 0.190. The summed E-state index contributed by atoms with van der Waals surface area (Å²) in [6.45, 7) is 1.28. The monoisotopic (exact) mass is 388 g/mol. The number of carbonyl (C=O) groups is 1. The van der Waals surface area contributed by atoms with Crippen LogP contribution in [0.15, 0.2) is 65.4 Å². The summed E-state index contributed by atoms with van der Waals surface area (Å²) in [6, 6.07) is 3.91. The van der Waals surface area contributed by atoms with Crippen LogP contribution in [0.2, 0.25) is 0 Å². The number of carbonyl (C=O) groups excluding carboxylic acids is 1. The molecule has 27 heavy (non-hydrogen) atoms. The van der Waals surface area contributed by atoms with E-state index in [1.165, 1.54) is 24.3 Å². The Morgan fingerprint density at radius 3 is 2.52 bits per heavy atom. The molecular weight excluding hydrogens is 362 g/mol. The van der Waals surface area contributed by atoms with Gasteiger partial charge in [-0.1, -0.05) is 66.0 Å². The Labute approximate surface area is 167 Å². The Morgan fingerprint density at radius 1 is 1.22 bits per heavy atom. The number of esters is 1. The first-order chi connectivity index (χ1) is 15.0. The van der Waals surface area contributed by atoms with Crippen molar-refractivity contribution in [2.45, 2.75) is 11.8 Å². The van der Waals surface area contributed by atoms with Gasteiger partial charge in [0.1, 0.15) is 0 Å². The Balaban J connectivity index is 2.40. The van der Waals surface area contributed by atoms with Crippen LogP contribution in [0.3, 0.4) is 0 Å². The fourth-order valence-electron chi connectivity index (χ4n) is 1.99. The van der Waals surface area contributed by atoms with Crippen LogP contribution in [0, 0.1) is 18.8 Å². The van der Waals surface area contributed by atoms with E-state index in [-0.39, 0.29) is 23.5 Å². The molecule has 0 atom stereocenters. The molecule has 0 radical (unpaired) electrons. The van der Waals surface area contributed by atoms with E-state index in [0.29, 0.717) is 0 Å². The Kier molecular flexibility index (Phi) is 5.11. The summed E-state index contributed by atoms with van der Waals surface area (Å²) >= 11 is 0. The molecule has 0 aromatic heterocycles. The number of hydrogen-bond acceptors (Lipinski definition) is 4. The molecule has 0 fully saturated rings. The molecule has 0 saturated carbocycles. The lowest BCUT2D eigenvalue weighted by Gasteiger charge is -2.18. The van der Waals surface area contributed by atoms with Crippen LogP contribution in [0.5, 0.6) is 0 Å². The second kappa shape index (κ2) is 9.72. The van der Waals surface area contributed by atoms with Gasteiger partial charge in [-0.2, -0.15) is 4.31 Å². The molecule has 6 heteroatoms. The van der Waals surface area contributed by atoms with E-state index in [9.17, 15) is 13.2 Å². The Morgan fingerprint density at radius 2 is 1.89 bits per heavy atom. The zero-order valence-electron chi connectivity index (χ0n) is 19.9. The molecule has 0 aliphatic carbocycles. The van der Waals surface area contributed by atoms with Crippen LogP contribution in [-0.2, 0) is 19.6 Å². The van der Waals surface area contributed by atoms with E-state index < -0.39 is 46.2 Å². The van der Waals surface area contributed by atoms with Gasteiger partial charge in [-0.3, -0.25) is 0 Å². The summed E-state index contributed by atoms with van der Waals surface area (Å²) in [7, 11) is -2.84. The van der Waals surface area contributed by atoms with E-state index in [4.69, 9.17) is 6.85 Å². The lowest BCUT2D eigenvalue weighted by atomic mass is 10.2. The van der Waals surface area contributed by atoms with Crippen molar-refractivity contribution >= 4 is 22.1 Å². The lowest BCUT2D eigenvalue weighted by Crippen LogP contribution is -2.31. The molecule has 2 aromatic carbocycles. The summed E-state index contributed by atoms with van der Waals surface area (Å²) in [6.07, 6.45) is 2.63. The molecule has 5 nitrogen and oxygen atoms in total. The van der Waals surface area contributed by atoms with Gasteiger partial charge < -0.3 is 4.74 Å². The summed E-state index contributed by atoms with van der Waals surface area (Å²) in [5, 5.41) is 0. The standard InChI is InChI=1S/C21H21NO4S/c1-18-12-14-20(15-13-18)27(24,25)22(17-7-11-21(23)26-2)16-6-10-19-8-4-3-5-9-19/h3-6,8-10,12-15H,16-17H2,1-2H3/b10-6+/i3D,4D,5D,8D,9D. The molecule has 140 valence electrons. The van der Waals surface area contributed by atoms with Crippen molar-refractivity contribution < 1.29 is 24.8 Å². The summed E-state index contributed by atoms with van der Waals surface area (Å²) in [4.78, 5) is 11.3. The van der Waals surface area contributed by atoms with E-state index in [1.807, 2.05) is 6.92 Å².